The first kappa shape index (κ1) is 18.1. The summed E-state index contributed by atoms with van der Waals surface area (Å²) < 4.78 is 37.0. The van der Waals surface area contributed by atoms with Crippen molar-refractivity contribution >= 4 is 29.7 Å². The number of nitrogens with zero attached hydrogens (tertiary/aromatic N) is 2. The van der Waals surface area contributed by atoms with Crippen molar-refractivity contribution in [3.05, 3.63) is 16.1 Å². The maximum absolute atomic E-state index is 12.3. The molecule has 0 spiro atoms. The molecule has 0 fully saturated rings. The lowest BCUT2D eigenvalue weighted by molar-refractivity contribution is -0.140. The summed E-state index contributed by atoms with van der Waals surface area (Å²) in [4.78, 5) is 16.5. The van der Waals surface area contributed by atoms with Crippen LogP contribution in [0.5, 0.6) is 0 Å². The van der Waals surface area contributed by atoms with Crippen LogP contribution < -0.4 is 5.73 Å². The van der Waals surface area contributed by atoms with Gasteiger partial charge in [-0.1, -0.05) is 6.92 Å². The average molecular weight is 318 g/mol. The zero-order chi connectivity index (χ0) is 13.9. The molecule has 1 amide bonds. The van der Waals surface area contributed by atoms with E-state index in [-0.39, 0.29) is 42.3 Å². The second-order valence-electron chi connectivity index (χ2n) is 3.96. The van der Waals surface area contributed by atoms with Crippen molar-refractivity contribution in [3.63, 3.8) is 0 Å². The van der Waals surface area contributed by atoms with Crippen molar-refractivity contribution in [1.82, 2.24) is 9.88 Å². The maximum Gasteiger partial charge on any atom is 0.434 e. The number of aromatic nitrogens is 1. The Morgan fingerprint density at radius 3 is 2.58 bits per heavy atom. The summed E-state index contributed by atoms with van der Waals surface area (Å²) in [5.74, 6) is -0.557. The number of nitrogens with two attached hydrogens (primary N) is 1. The van der Waals surface area contributed by atoms with E-state index >= 15 is 0 Å². The normalized spacial score (nSPS) is 12.7. The number of carbonyl (C=O) groups excluding carboxylic acids is 1. The predicted molar refractivity (Wildman–Crippen MR) is 69.1 cm³/mol. The highest BCUT2D eigenvalue weighted by Gasteiger charge is 2.33. The third-order valence-corrected chi connectivity index (χ3v) is 3.20. The standard InChI is InChI=1S/C10H14F3N3OS.ClH/c1-6(3-14)9(17)16(2)4-8-15-7(5-18-8)10(11,12)13;/h5-6H,3-4,14H2,1-2H3;1H. The first-order valence-corrected chi connectivity index (χ1v) is 6.10. The molecule has 1 heterocycles. The Morgan fingerprint density at radius 2 is 2.16 bits per heavy atom. The van der Waals surface area contributed by atoms with E-state index in [2.05, 4.69) is 4.98 Å². The lowest BCUT2D eigenvalue weighted by Gasteiger charge is -2.19. The van der Waals surface area contributed by atoms with Crippen LogP contribution in [0.25, 0.3) is 0 Å². The van der Waals surface area contributed by atoms with E-state index in [9.17, 15) is 18.0 Å². The van der Waals surface area contributed by atoms with Crippen LogP contribution in [-0.4, -0.2) is 29.4 Å². The van der Waals surface area contributed by atoms with Gasteiger partial charge in [0.1, 0.15) is 5.01 Å². The van der Waals surface area contributed by atoms with Gasteiger partial charge in [-0.05, 0) is 0 Å². The number of hydrogen-bond acceptors (Lipinski definition) is 4. The van der Waals surface area contributed by atoms with Crippen LogP contribution in [0.1, 0.15) is 17.6 Å². The molecule has 4 nitrogen and oxygen atoms in total. The molecule has 2 N–H and O–H groups in total. The quantitative estimate of drug-likeness (QED) is 0.925. The van der Waals surface area contributed by atoms with Gasteiger partial charge in [-0.2, -0.15) is 13.2 Å². The second-order valence-corrected chi connectivity index (χ2v) is 4.90. The molecule has 1 aromatic heterocycles. The van der Waals surface area contributed by atoms with Crippen LogP contribution in [0, 0.1) is 5.92 Å². The van der Waals surface area contributed by atoms with Crippen LogP contribution in [0.3, 0.4) is 0 Å². The van der Waals surface area contributed by atoms with E-state index in [4.69, 9.17) is 5.73 Å². The molecule has 0 radical (unpaired) electrons. The number of rotatable bonds is 4. The van der Waals surface area contributed by atoms with Crippen LogP contribution >= 0.6 is 23.7 Å². The van der Waals surface area contributed by atoms with Gasteiger partial charge in [-0.15, -0.1) is 23.7 Å². The molecule has 0 saturated heterocycles. The topological polar surface area (TPSA) is 59.2 Å². The highest BCUT2D eigenvalue weighted by Crippen LogP contribution is 2.30. The third-order valence-electron chi connectivity index (χ3n) is 2.37. The molecular weight excluding hydrogens is 303 g/mol. The Bertz CT molecular complexity index is 424. The molecule has 1 rings (SSSR count). The van der Waals surface area contributed by atoms with Crippen molar-refractivity contribution in [3.8, 4) is 0 Å². The molecule has 110 valence electrons. The fourth-order valence-electron chi connectivity index (χ4n) is 1.27. The van der Waals surface area contributed by atoms with Crippen LogP contribution in [0.2, 0.25) is 0 Å². The van der Waals surface area contributed by atoms with Gasteiger partial charge in [0.05, 0.1) is 6.54 Å². The lowest BCUT2D eigenvalue weighted by atomic mass is 10.1. The Morgan fingerprint density at radius 1 is 1.58 bits per heavy atom. The summed E-state index contributed by atoms with van der Waals surface area (Å²) in [6.45, 7) is 1.93. The summed E-state index contributed by atoms with van der Waals surface area (Å²) in [6.07, 6.45) is -4.44. The van der Waals surface area contributed by atoms with Crippen LogP contribution in [0.4, 0.5) is 13.2 Å². The Kier molecular flexibility index (Phi) is 6.74. The van der Waals surface area contributed by atoms with Gasteiger partial charge in [-0.3, -0.25) is 4.79 Å². The highest BCUT2D eigenvalue weighted by atomic mass is 35.5. The molecule has 0 aromatic carbocycles. The average Bonchev–Trinajstić information content (AvgIpc) is 2.75. The minimum absolute atomic E-state index is 0. The molecule has 0 aliphatic rings. The van der Waals surface area contributed by atoms with Gasteiger partial charge in [0.2, 0.25) is 5.91 Å². The fraction of sp³-hybridized carbons (Fsp3) is 0.600. The molecule has 0 aliphatic heterocycles. The highest BCUT2D eigenvalue weighted by molar-refractivity contribution is 7.09. The molecule has 1 atom stereocenters. The van der Waals surface area contributed by atoms with E-state index in [1.165, 1.54) is 11.9 Å². The Hall–Kier alpha value is -0.860. The van der Waals surface area contributed by atoms with Gasteiger partial charge in [0.15, 0.2) is 5.69 Å². The molecule has 0 aliphatic carbocycles. The fourth-order valence-corrected chi connectivity index (χ4v) is 2.12. The monoisotopic (exact) mass is 317 g/mol. The van der Waals surface area contributed by atoms with E-state index in [1.807, 2.05) is 0 Å². The summed E-state index contributed by atoms with van der Waals surface area (Å²) in [6, 6.07) is 0. The van der Waals surface area contributed by atoms with Gasteiger partial charge in [0, 0.05) is 24.9 Å². The van der Waals surface area contributed by atoms with Crippen molar-refractivity contribution < 1.29 is 18.0 Å². The van der Waals surface area contributed by atoms with E-state index in [0.717, 1.165) is 16.7 Å². The Labute approximate surface area is 119 Å². The van der Waals surface area contributed by atoms with Crippen LogP contribution in [0.15, 0.2) is 5.38 Å². The van der Waals surface area contributed by atoms with Crippen molar-refractivity contribution in [2.24, 2.45) is 11.7 Å². The second kappa shape index (κ2) is 7.06. The van der Waals surface area contributed by atoms with Gasteiger partial charge >= 0.3 is 6.18 Å². The van der Waals surface area contributed by atoms with Crippen LogP contribution in [-0.2, 0) is 17.5 Å². The molecule has 0 saturated carbocycles. The van der Waals surface area contributed by atoms with E-state index in [1.54, 1.807) is 6.92 Å². The van der Waals surface area contributed by atoms with Gasteiger partial charge in [-0.25, -0.2) is 4.98 Å². The summed E-state index contributed by atoms with van der Waals surface area (Å²) >= 11 is 0.885. The number of thiazole rings is 1. The maximum atomic E-state index is 12.3. The molecule has 0 bridgehead atoms. The van der Waals surface area contributed by atoms with E-state index in [0.29, 0.717) is 0 Å². The smallest absolute Gasteiger partial charge is 0.339 e. The summed E-state index contributed by atoms with van der Waals surface area (Å²) in [5.41, 5.74) is 4.43. The summed E-state index contributed by atoms with van der Waals surface area (Å²) in [5, 5.41) is 1.20. The van der Waals surface area contributed by atoms with Crippen molar-refractivity contribution in [2.75, 3.05) is 13.6 Å². The lowest BCUT2D eigenvalue weighted by Crippen LogP contribution is -2.34. The number of halogens is 4. The predicted octanol–water partition coefficient (Wildman–Crippen LogP) is 2.14. The van der Waals surface area contributed by atoms with Gasteiger partial charge in [0.25, 0.3) is 0 Å². The minimum atomic E-state index is -4.44. The SMILES string of the molecule is CC(CN)C(=O)N(C)Cc1nc(C(F)(F)F)cs1.Cl. The Balaban J connectivity index is 0.00000324. The first-order chi connectivity index (χ1) is 8.25. The third kappa shape index (κ3) is 4.96. The first-order valence-electron chi connectivity index (χ1n) is 5.22. The number of hydrogen-bond donors (Lipinski definition) is 1. The zero-order valence-corrected chi connectivity index (χ0v) is 12.0. The number of carbonyl (C=O) groups is 1. The number of alkyl halides is 3. The number of amides is 1. The van der Waals surface area contributed by atoms with E-state index < -0.39 is 11.9 Å². The minimum Gasteiger partial charge on any atom is -0.339 e. The molecular formula is C10H15ClF3N3OS. The molecule has 1 unspecified atom stereocenters. The zero-order valence-electron chi connectivity index (χ0n) is 10.4. The molecule has 19 heavy (non-hydrogen) atoms. The van der Waals surface area contributed by atoms with Crippen molar-refractivity contribution in [1.29, 1.82) is 0 Å². The van der Waals surface area contributed by atoms with Crippen molar-refractivity contribution in [2.45, 2.75) is 19.6 Å². The molecule has 9 heteroatoms. The molecule has 1 aromatic rings. The summed E-state index contributed by atoms with van der Waals surface area (Å²) in [7, 11) is 1.52. The largest absolute Gasteiger partial charge is 0.434 e. The van der Waals surface area contributed by atoms with Gasteiger partial charge < -0.3 is 10.6 Å².